The topological polar surface area (TPSA) is 116 Å². The van der Waals surface area contributed by atoms with E-state index in [4.69, 9.17) is 5.41 Å². The molecule has 2 aromatic rings. The van der Waals surface area contributed by atoms with Gasteiger partial charge < -0.3 is 5.32 Å². The Balaban J connectivity index is 1.63. The van der Waals surface area contributed by atoms with E-state index < -0.39 is 16.1 Å². The zero-order valence-corrected chi connectivity index (χ0v) is 14.2. The average Bonchev–Trinajstić information content (AvgIpc) is 2.89. The third kappa shape index (κ3) is 3.72. The van der Waals surface area contributed by atoms with Crippen LogP contribution in [0.1, 0.15) is 6.42 Å². The summed E-state index contributed by atoms with van der Waals surface area (Å²) in [7, 11) is 0. The van der Waals surface area contributed by atoms with E-state index in [-0.39, 0.29) is 23.2 Å². The van der Waals surface area contributed by atoms with Crippen molar-refractivity contribution in [3.63, 3.8) is 0 Å². The van der Waals surface area contributed by atoms with Crippen molar-refractivity contribution >= 4 is 45.8 Å². The van der Waals surface area contributed by atoms with Gasteiger partial charge in [-0.15, -0.1) is 0 Å². The van der Waals surface area contributed by atoms with Gasteiger partial charge in [-0.05, 0) is 24.3 Å². The van der Waals surface area contributed by atoms with Gasteiger partial charge in [-0.2, -0.15) is 0 Å². The summed E-state index contributed by atoms with van der Waals surface area (Å²) in [5, 5.41) is 20.6. The first-order chi connectivity index (χ1) is 12.5. The zero-order chi connectivity index (χ0) is 18.7. The number of amidine groups is 1. The van der Waals surface area contributed by atoms with Crippen LogP contribution in [0.4, 0.5) is 17.1 Å². The predicted octanol–water partition coefficient (Wildman–Crippen LogP) is 3.01. The van der Waals surface area contributed by atoms with E-state index in [9.17, 15) is 19.7 Å². The van der Waals surface area contributed by atoms with Crippen LogP contribution >= 0.6 is 11.8 Å². The molecule has 1 aliphatic rings. The van der Waals surface area contributed by atoms with E-state index in [2.05, 4.69) is 5.32 Å². The lowest BCUT2D eigenvalue weighted by atomic mass is 10.2. The van der Waals surface area contributed by atoms with E-state index in [0.717, 1.165) is 11.8 Å². The molecule has 1 fully saturated rings. The minimum atomic E-state index is -0.680. The fraction of sp³-hybridized carbons (Fsp3) is 0.118. The molecule has 1 atom stereocenters. The molecule has 26 heavy (non-hydrogen) atoms. The minimum Gasteiger partial charge on any atom is -0.326 e. The number of hydrogen-bond donors (Lipinski definition) is 2. The molecule has 3 rings (SSSR count). The Labute approximate surface area is 152 Å². The Morgan fingerprint density at radius 3 is 2.46 bits per heavy atom. The highest BCUT2D eigenvalue weighted by Crippen LogP contribution is 2.32. The summed E-state index contributed by atoms with van der Waals surface area (Å²) in [6.45, 7) is 0. The second-order valence-electron chi connectivity index (χ2n) is 5.48. The van der Waals surface area contributed by atoms with Gasteiger partial charge in [0.2, 0.25) is 11.8 Å². The van der Waals surface area contributed by atoms with Gasteiger partial charge in [-0.3, -0.25) is 30.0 Å². The molecule has 0 aliphatic carbocycles. The minimum absolute atomic E-state index is 0.0727. The number of amides is 2. The standard InChI is InChI=1S/C17H14N4O4S/c18-17-20(12-4-2-1-3-5-12)16(23)14(26-17)10-15(22)19-11-6-8-13(9-7-11)21(24)25/h1-9,14,18H,10H2,(H,19,22)/t14-/m0/s1. The number of carbonyl (C=O) groups excluding carboxylic acids is 2. The van der Waals surface area contributed by atoms with E-state index in [1.165, 1.54) is 29.2 Å². The SMILES string of the molecule is N=C1S[C@@H](CC(=O)Nc2ccc([N+](=O)[O-])cc2)C(=O)N1c1ccccc1. The van der Waals surface area contributed by atoms with Crippen molar-refractivity contribution in [2.75, 3.05) is 10.2 Å². The number of nitrogens with one attached hydrogen (secondary N) is 2. The van der Waals surface area contributed by atoms with E-state index >= 15 is 0 Å². The Bertz CT molecular complexity index is 870. The van der Waals surface area contributed by atoms with Crippen molar-refractivity contribution in [1.82, 2.24) is 0 Å². The van der Waals surface area contributed by atoms with Gasteiger partial charge in [-0.25, -0.2) is 0 Å². The van der Waals surface area contributed by atoms with Gasteiger partial charge in [0.05, 0.1) is 10.6 Å². The van der Waals surface area contributed by atoms with Crippen LogP contribution in [0.25, 0.3) is 0 Å². The third-order valence-corrected chi connectivity index (χ3v) is 4.76. The molecule has 0 bridgehead atoms. The number of nitro benzene ring substituents is 1. The van der Waals surface area contributed by atoms with Gasteiger partial charge in [0.1, 0.15) is 5.25 Å². The van der Waals surface area contributed by atoms with Crippen LogP contribution in [-0.2, 0) is 9.59 Å². The molecule has 9 heteroatoms. The maximum Gasteiger partial charge on any atom is 0.269 e. The van der Waals surface area contributed by atoms with Crippen LogP contribution in [0.2, 0.25) is 0 Å². The van der Waals surface area contributed by atoms with E-state index in [1.807, 2.05) is 6.07 Å². The summed E-state index contributed by atoms with van der Waals surface area (Å²) in [5.74, 6) is -0.711. The first kappa shape index (κ1) is 17.6. The van der Waals surface area contributed by atoms with Crippen LogP contribution in [0, 0.1) is 15.5 Å². The molecule has 2 N–H and O–H groups in total. The molecule has 0 spiro atoms. The predicted molar refractivity (Wildman–Crippen MR) is 99.4 cm³/mol. The first-order valence-electron chi connectivity index (χ1n) is 7.64. The van der Waals surface area contributed by atoms with Crippen molar-refractivity contribution < 1.29 is 14.5 Å². The Hall–Kier alpha value is -3.20. The second kappa shape index (κ2) is 7.36. The lowest BCUT2D eigenvalue weighted by Crippen LogP contribution is -2.33. The van der Waals surface area contributed by atoms with Crippen LogP contribution in [0.3, 0.4) is 0 Å². The monoisotopic (exact) mass is 370 g/mol. The Morgan fingerprint density at radius 1 is 1.19 bits per heavy atom. The third-order valence-electron chi connectivity index (χ3n) is 3.70. The lowest BCUT2D eigenvalue weighted by Gasteiger charge is -2.15. The molecule has 1 heterocycles. The highest BCUT2D eigenvalue weighted by atomic mass is 32.2. The van der Waals surface area contributed by atoms with Gasteiger partial charge in [0, 0.05) is 24.2 Å². The molecule has 8 nitrogen and oxygen atoms in total. The average molecular weight is 370 g/mol. The summed E-state index contributed by atoms with van der Waals surface area (Å²) in [6, 6.07) is 14.3. The molecule has 0 aromatic heterocycles. The zero-order valence-electron chi connectivity index (χ0n) is 13.4. The molecule has 2 aromatic carbocycles. The summed E-state index contributed by atoms with van der Waals surface area (Å²) < 4.78 is 0. The summed E-state index contributed by atoms with van der Waals surface area (Å²) in [4.78, 5) is 36.1. The number of carbonyl (C=O) groups is 2. The normalized spacial score (nSPS) is 16.6. The molecule has 1 saturated heterocycles. The largest absolute Gasteiger partial charge is 0.326 e. The summed E-state index contributed by atoms with van der Waals surface area (Å²) >= 11 is 1.03. The van der Waals surface area contributed by atoms with Gasteiger partial charge in [0.25, 0.3) is 5.69 Å². The highest BCUT2D eigenvalue weighted by molar-refractivity contribution is 8.16. The molecule has 1 aliphatic heterocycles. The van der Waals surface area contributed by atoms with Gasteiger partial charge >= 0.3 is 0 Å². The van der Waals surface area contributed by atoms with Crippen LogP contribution in [-0.4, -0.2) is 27.2 Å². The number of para-hydroxylation sites is 1. The number of thioether (sulfide) groups is 1. The van der Waals surface area contributed by atoms with E-state index in [1.54, 1.807) is 24.3 Å². The first-order valence-corrected chi connectivity index (χ1v) is 8.52. The van der Waals surface area contributed by atoms with Crippen molar-refractivity contribution in [1.29, 1.82) is 5.41 Å². The van der Waals surface area contributed by atoms with Crippen LogP contribution < -0.4 is 10.2 Å². The molecule has 0 saturated carbocycles. The number of benzene rings is 2. The molecule has 0 radical (unpaired) electrons. The van der Waals surface area contributed by atoms with Gasteiger partial charge in [0.15, 0.2) is 5.17 Å². The highest BCUT2D eigenvalue weighted by Gasteiger charge is 2.39. The quantitative estimate of drug-likeness (QED) is 0.620. The number of hydrogen-bond acceptors (Lipinski definition) is 6. The lowest BCUT2D eigenvalue weighted by molar-refractivity contribution is -0.384. The smallest absolute Gasteiger partial charge is 0.269 e. The number of nitro groups is 1. The van der Waals surface area contributed by atoms with Crippen molar-refractivity contribution in [3.05, 3.63) is 64.7 Å². The number of non-ortho nitro benzene ring substituents is 1. The van der Waals surface area contributed by atoms with Gasteiger partial charge in [-0.1, -0.05) is 30.0 Å². The van der Waals surface area contributed by atoms with E-state index in [0.29, 0.717) is 11.4 Å². The second-order valence-corrected chi connectivity index (χ2v) is 6.67. The fourth-order valence-corrected chi connectivity index (χ4v) is 3.49. The maximum atomic E-state index is 12.5. The van der Waals surface area contributed by atoms with Crippen LogP contribution in [0.15, 0.2) is 54.6 Å². The molecule has 0 unspecified atom stereocenters. The van der Waals surface area contributed by atoms with Crippen LogP contribution in [0.5, 0.6) is 0 Å². The molecular formula is C17H14N4O4S. The number of nitrogens with zero attached hydrogens (tertiary/aromatic N) is 2. The Kier molecular flexibility index (Phi) is 4.99. The van der Waals surface area contributed by atoms with Crippen molar-refractivity contribution in [3.8, 4) is 0 Å². The van der Waals surface area contributed by atoms with Crippen molar-refractivity contribution in [2.45, 2.75) is 11.7 Å². The summed E-state index contributed by atoms with van der Waals surface area (Å²) in [6.07, 6.45) is -0.0911. The number of anilines is 2. The maximum absolute atomic E-state index is 12.5. The van der Waals surface area contributed by atoms with Crippen molar-refractivity contribution in [2.24, 2.45) is 0 Å². The number of rotatable bonds is 5. The molecule has 132 valence electrons. The fourth-order valence-electron chi connectivity index (χ4n) is 2.48. The molecular weight excluding hydrogens is 356 g/mol. The Morgan fingerprint density at radius 2 is 1.85 bits per heavy atom. The summed E-state index contributed by atoms with van der Waals surface area (Å²) in [5.41, 5.74) is 0.927. The molecule has 2 amide bonds.